The zero-order valence-corrected chi connectivity index (χ0v) is 17.5. The first-order valence-corrected chi connectivity index (χ1v) is 9.38. The number of hydrogen-bond donors (Lipinski definition) is 2. The lowest BCUT2D eigenvalue weighted by Gasteiger charge is -2.22. The third kappa shape index (κ3) is 6.17. The molecule has 1 aromatic carbocycles. The van der Waals surface area contributed by atoms with E-state index in [4.69, 9.17) is 27.9 Å². The van der Waals surface area contributed by atoms with Crippen LogP contribution >= 0.6 is 23.2 Å². The Morgan fingerprint density at radius 1 is 1.10 bits per heavy atom. The minimum Gasteiger partial charge on any atom is -0.480 e. The number of hydrogen-bond acceptors (Lipinski definition) is 5. The summed E-state index contributed by atoms with van der Waals surface area (Å²) in [6.45, 7) is 5.10. The van der Waals surface area contributed by atoms with Gasteiger partial charge in [0.2, 0.25) is 5.91 Å². The van der Waals surface area contributed by atoms with Gasteiger partial charge in [0.05, 0.1) is 10.0 Å². The number of aromatic nitrogens is 1. The average molecular weight is 439 g/mol. The molecule has 1 amide bonds. The molecule has 0 saturated carbocycles. The van der Waals surface area contributed by atoms with Crippen molar-refractivity contribution in [2.75, 3.05) is 0 Å². The van der Waals surface area contributed by atoms with Gasteiger partial charge < -0.3 is 15.2 Å². The number of aliphatic carboxylic acids is 1. The van der Waals surface area contributed by atoms with Gasteiger partial charge in [-0.05, 0) is 17.7 Å². The molecule has 0 bridgehead atoms. The van der Waals surface area contributed by atoms with E-state index in [-0.39, 0.29) is 33.7 Å². The number of nitrogens with zero attached hydrogens (tertiary/aromatic N) is 1. The fourth-order valence-electron chi connectivity index (χ4n) is 2.27. The zero-order chi connectivity index (χ0) is 21.8. The number of pyridine rings is 1. The second-order valence-corrected chi connectivity index (χ2v) is 8.14. The lowest BCUT2D eigenvalue weighted by molar-refractivity contribution is -0.143. The molecule has 0 aliphatic heterocycles. The van der Waals surface area contributed by atoms with Crippen molar-refractivity contribution in [3.8, 4) is 5.75 Å². The lowest BCUT2D eigenvalue weighted by Crippen LogP contribution is -2.46. The Kier molecular flexibility index (Phi) is 7.21. The Hall–Kier alpha value is -2.64. The number of esters is 1. The fraction of sp³-hybridized carbons (Fsp3) is 0.300. The maximum atomic E-state index is 12.3. The van der Waals surface area contributed by atoms with E-state index in [1.165, 1.54) is 24.5 Å². The van der Waals surface area contributed by atoms with Crippen molar-refractivity contribution in [3.05, 3.63) is 57.8 Å². The molecule has 2 N–H and O–H groups in total. The van der Waals surface area contributed by atoms with Gasteiger partial charge >= 0.3 is 11.9 Å². The largest absolute Gasteiger partial charge is 0.480 e. The first kappa shape index (κ1) is 22.6. The number of amides is 1. The van der Waals surface area contributed by atoms with Crippen LogP contribution in [-0.4, -0.2) is 34.0 Å². The topological polar surface area (TPSA) is 106 Å². The normalized spacial score (nSPS) is 12.2. The molecule has 0 fully saturated rings. The molecule has 1 heterocycles. The maximum Gasteiger partial charge on any atom is 0.346 e. The molecule has 9 heteroatoms. The molecule has 2 rings (SSSR count). The van der Waals surface area contributed by atoms with Gasteiger partial charge in [-0.1, -0.05) is 56.1 Å². The minimum atomic E-state index is -1.14. The van der Waals surface area contributed by atoms with Crippen molar-refractivity contribution in [2.45, 2.75) is 33.2 Å². The summed E-state index contributed by atoms with van der Waals surface area (Å²) < 4.78 is 5.26. The quantitative estimate of drug-likeness (QED) is 0.525. The van der Waals surface area contributed by atoms with E-state index >= 15 is 0 Å². The number of rotatable bonds is 6. The van der Waals surface area contributed by atoms with Crippen molar-refractivity contribution in [3.63, 3.8) is 0 Å². The molecule has 1 aromatic heterocycles. The van der Waals surface area contributed by atoms with Gasteiger partial charge in [0.1, 0.15) is 17.4 Å². The number of nitrogens with one attached hydrogen (secondary N) is 1. The maximum absolute atomic E-state index is 12.3. The van der Waals surface area contributed by atoms with E-state index in [1.807, 2.05) is 0 Å². The van der Waals surface area contributed by atoms with Crippen LogP contribution < -0.4 is 10.1 Å². The van der Waals surface area contributed by atoms with Crippen LogP contribution in [0.1, 0.15) is 36.7 Å². The zero-order valence-electron chi connectivity index (χ0n) is 16.0. The van der Waals surface area contributed by atoms with Crippen LogP contribution in [0.3, 0.4) is 0 Å². The summed E-state index contributed by atoms with van der Waals surface area (Å²) in [7, 11) is 0. The van der Waals surface area contributed by atoms with Gasteiger partial charge in [0.25, 0.3) is 0 Å². The standard InChI is InChI=1S/C20H20Cl2N2O5/c1-20(2,3)19(28)24-15(17(25)26)8-11-4-6-12(7-5-11)29-18(27)16-13(21)9-23-10-14(16)22/h4-7,9-10,15H,8H2,1-3H3,(H,24,28)(H,25,26)/t15-/m0/s1. The number of halogens is 2. The molecule has 2 aromatic rings. The van der Waals surface area contributed by atoms with Gasteiger partial charge in [-0.25, -0.2) is 9.59 Å². The van der Waals surface area contributed by atoms with Crippen molar-refractivity contribution in [2.24, 2.45) is 5.41 Å². The molecule has 0 radical (unpaired) electrons. The third-order valence-corrected chi connectivity index (χ3v) is 4.49. The Balaban J connectivity index is 2.08. The Labute approximate surface area is 178 Å². The van der Waals surface area contributed by atoms with Gasteiger partial charge in [0.15, 0.2) is 0 Å². The number of carboxylic acids is 1. The van der Waals surface area contributed by atoms with E-state index < -0.39 is 23.4 Å². The van der Waals surface area contributed by atoms with Crippen molar-refractivity contribution < 1.29 is 24.2 Å². The summed E-state index contributed by atoms with van der Waals surface area (Å²) in [4.78, 5) is 39.6. The summed E-state index contributed by atoms with van der Waals surface area (Å²) in [5, 5.41) is 12.0. The molecule has 1 atom stereocenters. The van der Waals surface area contributed by atoms with E-state index in [0.29, 0.717) is 5.56 Å². The number of carbonyl (C=O) groups is 3. The molecule has 154 valence electrons. The highest BCUT2D eigenvalue weighted by Gasteiger charge is 2.27. The average Bonchev–Trinajstić information content (AvgIpc) is 2.61. The summed E-state index contributed by atoms with van der Waals surface area (Å²) >= 11 is 11.9. The van der Waals surface area contributed by atoms with Gasteiger partial charge in [0, 0.05) is 24.2 Å². The van der Waals surface area contributed by atoms with Crippen LogP contribution in [0.4, 0.5) is 0 Å². The van der Waals surface area contributed by atoms with Crippen molar-refractivity contribution in [1.82, 2.24) is 10.3 Å². The van der Waals surface area contributed by atoms with Crippen LogP contribution in [0.2, 0.25) is 10.0 Å². The van der Waals surface area contributed by atoms with Crippen molar-refractivity contribution >= 4 is 41.0 Å². The molecule has 0 unspecified atom stereocenters. The van der Waals surface area contributed by atoms with E-state index in [2.05, 4.69) is 10.3 Å². The number of ether oxygens (including phenoxy) is 1. The predicted molar refractivity (Wildman–Crippen MR) is 108 cm³/mol. The highest BCUT2D eigenvalue weighted by Crippen LogP contribution is 2.25. The highest BCUT2D eigenvalue weighted by molar-refractivity contribution is 6.39. The minimum absolute atomic E-state index is 0.00300. The third-order valence-electron chi connectivity index (χ3n) is 3.92. The molecular weight excluding hydrogens is 419 g/mol. The molecule has 0 spiro atoms. The Bertz CT molecular complexity index is 903. The second kappa shape index (κ2) is 9.24. The van der Waals surface area contributed by atoms with Crippen LogP contribution in [0.5, 0.6) is 5.75 Å². The fourth-order valence-corrected chi connectivity index (χ4v) is 2.79. The SMILES string of the molecule is CC(C)(C)C(=O)N[C@@H](Cc1ccc(OC(=O)c2c(Cl)cncc2Cl)cc1)C(=O)O. The first-order chi connectivity index (χ1) is 13.5. The summed E-state index contributed by atoms with van der Waals surface area (Å²) in [6.07, 6.45) is 2.64. The van der Waals surface area contributed by atoms with Crippen LogP contribution in [-0.2, 0) is 16.0 Å². The molecule has 0 aliphatic carbocycles. The monoisotopic (exact) mass is 438 g/mol. The molecular formula is C20H20Cl2N2O5. The number of benzene rings is 1. The van der Waals surface area contributed by atoms with Gasteiger partial charge in [-0.15, -0.1) is 0 Å². The van der Waals surface area contributed by atoms with E-state index in [1.54, 1.807) is 32.9 Å². The summed E-state index contributed by atoms with van der Waals surface area (Å²) in [6, 6.07) is 5.17. The Morgan fingerprint density at radius 3 is 2.14 bits per heavy atom. The highest BCUT2D eigenvalue weighted by atomic mass is 35.5. The summed E-state index contributed by atoms with van der Waals surface area (Å²) in [5.74, 6) is -2.01. The summed E-state index contributed by atoms with van der Waals surface area (Å²) in [5.41, 5.74) is -0.0593. The molecule has 7 nitrogen and oxygen atoms in total. The number of carboxylic acid groups (broad SMARTS) is 1. The molecule has 29 heavy (non-hydrogen) atoms. The first-order valence-electron chi connectivity index (χ1n) is 8.63. The lowest BCUT2D eigenvalue weighted by atomic mass is 9.94. The molecule has 0 saturated heterocycles. The van der Waals surface area contributed by atoms with Crippen LogP contribution in [0, 0.1) is 5.41 Å². The number of carbonyl (C=O) groups excluding carboxylic acids is 2. The second-order valence-electron chi connectivity index (χ2n) is 7.33. The van der Waals surface area contributed by atoms with Crippen molar-refractivity contribution in [1.29, 1.82) is 0 Å². The Morgan fingerprint density at radius 2 is 1.66 bits per heavy atom. The van der Waals surface area contributed by atoms with E-state index in [9.17, 15) is 19.5 Å². The smallest absolute Gasteiger partial charge is 0.346 e. The predicted octanol–water partition coefficient (Wildman–Crippen LogP) is 3.77. The van der Waals surface area contributed by atoms with Gasteiger partial charge in [-0.2, -0.15) is 0 Å². The molecule has 0 aliphatic rings. The van der Waals surface area contributed by atoms with Gasteiger partial charge in [-0.3, -0.25) is 9.78 Å². The van der Waals surface area contributed by atoms with E-state index in [0.717, 1.165) is 0 Å². The van der Waals surface area contributed by atoms with Crippen LogP contribution in [0.15, 0.2) is 36.7 Å². The van der Waals surface area contributed by atoms with Crippen LogP contribution in [0.25, 0.3) is 0 Å².